The van der Waals surface area contributed by atoms with Crippen LogP contribution in [0.3, 0.4) is 0 Å². The normalized spacial score (nSPS) is 12.9. The predicted molar refractivity (Wildman–Crippen MR) is 67.8 cm³/mol. The van der Waals surface area contributed by atoms with Crippen LogP contribution in [0.15, 0.2) is 22.9 Å². The molecule has 3 nitrogen and oxygen atoms in total. The molecule has 0 saturated carbocycles. The van der Waals surface area contributed by atoms with Crippen LogP contribution >= 0.6 is 22.7 Å². The molecule has 0 bridgehead atoms. The lowest BCUT2D eigenvalue weighted by atomic mass is 10.3. The van der Waals surface area contributed by atoms with Crippen LogP contribution in [0.2, 0.25) is 0 Å². The Balaban J connectivity index is 1.76. The molecule has 0 spiro atoms. The van der Waals surface area contributed by atoms with Gasteiger partial charge in [-0.05, 0) is 18.4 Å². The molecule has 0 aliphatic rings. The number of aliphatic hydroxyl groups excluding tert-OH is 1. The SMILES string of the molecule is Cc1nc(CNCC(O)c2cccs2)cs1. The minimum atomic E-state index is -0.417. The van der Waals surface area contributed by atoms with Crippen LogP contribution < -0.4 is 5.32 Å². The molecule has 0 radical (unpaired) electrons. The Morgan fingerprint density at radius 3 is 3.00 bits per heavy atom. The molecule has 0 aliphatic heterocycles. The van der Waals surface area contributed by atoms with Crippen molar-refractivity contribution in [1.82, 2.24) is 10.3 Å². The van der Waals surface area contributed by atoms with Gasteiger partial charge in [0.25, 0.3) is 0 Å². The van der Waals surface area contributed by atoms with Gasteiger partial charge in [0.1, 0.15) is 6.10 Å². The second-order valence-electron chi connectivity index (χ2n) is 3.52. The second-order valence-corrected chi connectivity index (χ2v) is 5.56. The van der Waals surface area contributed by atoms with Gasteiger partial charge in [-0.3, -0.25) is 0 Å². The Bertz CT molecular complexity index is 425. The number of aryl methyl sites for hydroxylation is 1. The van der Waals surface area contributed by atoms with E-state index in [-0.39, 0.29) is 0 Å². The average Bonchev–Trinajstić information content (AvgIpc) is 2.89. The van der Waals surface area contributed by atoms with Gasteiger partial charge in [-0.25, -0.2) is 4.98 Å². The van der Waals surface area contributed by atoms with Crippen molar-refractivity contribution in [2.24, 2.45) is 0 Å². The van der Waals surface area contributed by atoms with Crippen LogP contribution in [-0.4, -0.2) is 16.6 Å². The van der Waals surface area contributed by atoms with Gasteiger partial charge in [0.05, 0.1) is 10.7 Å². The van der Waals surface area contributed by atoms with Gasteiger partial charge in [-0.15, -0.1) is 22.7 Å². The molecule has 86 valence electrons. The van der Waals surface area contributed by atoms with Crippen molar-refractivity contribution in [2.45, 2.75) is 19.6 Å². The van der Waals surface area contributed by atoms with Crippen LogP contribution in [0.1, 0.15) is 21.7 Å². The lowest BCUT2D eigenvalue weighted by molar-refractivity contribution is 0.178. The van der Waals surface area contributed by atoms with Crippen LogP contribution in [0, 0.1) is 6.92 Å². The van der Waals surface area contributed by atoms with Crippen molar-refractivity contribution in [3.63, 3.8) is 0 Å². The first-order valence-electron chi connectivity index (χ1n) is 5.09. The third kappa shape index (κ3) is 3.12. The summed E-state index contributed by atoms with van der Waals surface area (Å²) in [6, 6.07) is 3.90. The molecular weight excluding hydrogens is 240 g/mol. The van der Waals surface area contributed by atoms with Crippen molar-refractivity contribution < 1.29 is 5.11 Å². The third-order valence-electron chi connectivity index (χ3n) is 2.18. The molecule has 2 heterocycles. The molecule has 0 aliphatic carbocycles. The number of thiophene rings is 1. The van der Waals surface area contributed by atoms with E-state index >= 15 is 0 Å². The van der Waals surface area contributed by atoms with Gasteiger partial charge >= 0.3 is 0 Å². The van der Waals surface area contributed by atoms with Gasteiger partial charge < -0.3 is 10.4 Å². The molecule has 2 rings (SSSR count). The van der Waals surface area contributed by atoms with Crippen molar-refractivity contribution >= 4 is 22.7 Å². The summed E-state index contributed by atoms with van der Waals surface area (Å²) in [6.45, 7) is 3.28. The van der Waals surface area contributed by atoms with Crippen molar-refractivity contribution in [2.75, 3.05) is 6.54 Å². The summed E-state index contributed by atoms with van der Waals surface area (Å²) in [5.41, 5.74) is 1.04. The van der Waals surface area contributed by atoms with E-state index in [4.69, 9.17) is 0 Å². The fraction of sp³-hybridized carbons (Fsp3) is 0.364. The Hall–Kier alpha value is -0.750. The molecule has 0 fully saturated rings. The molecule has 0 aromatic carbocycles. The average molecular weight is 254 g/mol. The Labute approximate surface area is 103 Å². The predicted octanol–water partition coefficient (Wildman–Crippen LogP) is 2.34. The van der Waals surface area contributed by atoms with Gasteiger partial charge in [0, 0.05) is 23.3 Å². The number of nitrogens with zero attached hydrogens (tertiary/aromatic N) is 1. The van der Waals surface area contributed by atoms with Crippen molar-refractivity contribution in [3.05, 3.63) is 38.5 Å². The summed E-state index contributed by atoms with van der Waals surface area (Å²) in [7, 11) is 0. The first-order valence-corrected chi connectivity index (χ1v) is 6.85. The highest BCUT2D eigenvalue weighted by molar-refractivity contribution is 7.10. The number of rotatable bonds is 5. The monoisotopic (exact) mass is 254 g/mol. The maximum absolute atomic E-state index is 9.82. The second kappa shape index (κ2) is 5.54. The zero-order valence-electron chi connectivity index (χ0n) is 9.01. The molecule has 2 aromatic rings. The number of aromatic nitrogens is 1. The molecule has 1 atom stereocenters. The fourth-order valence-corrected chi connectivity index (χ4v) is 2.73. The molecular formula is C11H14N2OS2. The standard InChI is InChI=1S/C11H14N2OS2/c1-8-13-9(7-16-8)5-12-6-10(14)11-3-2-4-15-11/h2-4,7,10,12,14H,5-6H2,1H3. The molecule has 0 amide bonds. The molecule has 2 N–H and O–H groups in total. The summed E-state index contributed by atoms with van der Waals surface area (Å²) in [6.07, 6.45) is -0.417. The van der Waals surface area contributed by atoms with Crippen molar-refractivity contribution in [3.8, 4) is 0 Å². The number of thiazole rings is 1. The Morgan fingerprint density at radius 2 is 2.38 bits per heavy atom. The quantitative estimate of drug-likeness (QED) is 0.861. The first-order chi connectivity index (χ1) is 7.75. The van der Waals surface area contributed by atoms with E-state index in [1.54, 1.807) is 22.7 Å². The lowest BCUT2D eigenvalue weighted by Crippen LogP contribution is -2.20. The van der Waals surface area contributed by atoms with Crippen molar-refractivity contribution in [1.29, 1.82) is 0 Å². The number of hydrogen-bond donors (Lipinski definition) is 2. The van der Waals surface area contributed by atoms with Crippen LogP contribution in [0.4, 0.5) is 0 Å². The van der Waals surface area contributed by atoms with Gasteiger partial charge in [-0.2, -0.15) is 0 Å². The smallest absolute Gasteiger partial charge is 0.101 e. The summed E-state index contributed by atoms with van der Waals surface area (Å²) in [5, 5.41) is 18.1. The lowest BCUT2D eigenvalue weighted by Gasteiger charge is -2.08. The molecule has 1 unspecified atom stereocenters. The topological polar surface area (TPSA) is 45.2 Å². The van der Waals surface area contributed by atoms with E-state index < -0.39 is 6.10 Å². The van der Waals surface area contributed by atoms with Gasteiger partial charge in [0.2, 0.25) is 0 Å². The van der Waals surface area contributed by atoms with Crippen LogP contribution in [0.5, 0.6) is 0 Å². The molecule has 5 heteroatoms. The highest BCUT2D eigenvalue weighted by Gasteiger charge is 2.07. The number of nitrogens with one attached hydrogen (secondary N) is 1. The van der Waals surface area contributed by atoms with Crippen LogP contribution in [0.25, 0.3) is 0 Å². The first kappa shape index (κ1) is 11.7. The van der Waals surface area contributed by atoms with E-state index in [1.807, 2.05) is 29.8 Å². The summed E-state index contributed by atoms with van der Waals surface area (Å²) in [5.74, 6) is 0. The fourth-order valence-electron chi connectivity index (χ4n) is 1.41. The van der Waals surface area contributed by atoms with Gasteiger partial charge in [-0.1, -0.05) is 6.07 Å². The highest BCUT2D eigenvalue weighted by Crippen LogP contribution is 2.17. The zero-order chi connectivity index (χ0) is 11.4. The molecule has 2 aromatic heterocycles. The largest absolute Gasteiger partial charge is 0.386 e. The summed E-state index contributed by atoms with van der Waals surface area (Å²) in [4.78, 5) is 5.35. The maximum atomic E-state index is 9.82. The maximum Gasteiger partial charge on any atom is 0.101 e. The Kier molecular flexibility index (Phi) is 4.06. The number of aliphatic hydroxyl groups is 1. The van der Waals surface area contributed by atoms with Crippen LogP contribution in [-0.2, 0) is 6.54 Å². The summed E-state index contributed by atoms with van der Waals surface area (Å²) >= 11 is 3.23. The minimum absolute atomic E-state index is 0.417. The van der Waals surface area contributed by atoms with E-state index in [2.05, 4.69) is 10.3 Å². The highest BCUT2D eigenvalue weighted by atomic mass is 32.1. The van der Waals surface area contributed by atoms with E-state index in [1.165, 1.54) is 0 Å². The zero-order valence-corrected chi connectivity index (χ0v) is 10.6. The number of hydrogen-bond acceptors (Lipinski definition) is 5. The third-order valence-corrected chi connectivity index (χ3v) is 3.98. The molecule has 16 heavy (non-hydrogen) atoms. The summed E-state index contributed by atoms with van der Waals surface area (Å²) < 4.78 is 0. The Morgan fingerprint density at radius 1 is 1.50 bits per heavy atom. The van der Waals surface area contributed by atoms with E-state index in [0.717, 1.165) is 15.6 Å². The van der Waals surface area contributed by atoms with E-state index in [0.29, 0.717) is 13.1 Å². The minimum Gasteiger partial charge on any atom is -0.386 e. The van der Waals surface area contributed by atoms with Gasteiger partial charge in [0.15, 0.2) is 0 Å². The van der Waals surface area contributed by atoms with E-state index in [9.17, 15) is 5.11 Å². The molecule has 0 saturated heterocycles.